The molecule has 1 unspecified atom stereocenters. The molecule has 1 atom stereocenters. The summed E-state index contributed by atoms with van der Waals surface area (Å²) in [6.45, 7) is 9.59. The fourth-order valence-corrected chi connectivity index (χ4v) is 5.63. The second-order valence-corrected chi connectivity index (χ2v) is 9.93. The van der Waals surface area contributed by atoms with Crippen molar-refractivity contribution in [2.45, 2.75) is 142 Å². The van der Waals surface area contributed by atoms with Crippen molar-refractivity contribution in [3.05, 3.63) is 12.3 Å². The van der Waals surface area contributed by atoms with Crippen molar-refractivity contribution < 1.29 is 29.9 Å². The average molecular weight is 613 g/mol. The van der Waals surface area contributed by atoms with Gasteiger partial charge in [-0.25, -0.2) is 0 Å². The molecule has 0 bridgehead atoms. The monoisotopic (exact) mass is 611 g/mol. The molecule has 2 heteroatoms. The van der Waals surface area contributed by atoms with Gasteiger partial charge in [-0.2, -0.15) is 32.1 Å². The van der Waals surface area contributed by atoms with Crippen LogP contribution in [0.15, 0.2) is 0 Å². The molecular weight excluding hydrogens is 563 g/mol. The van der Waals surface area contributed by atoms with Crippen LogP contribution < -0.4 is 5.32 Å². The molecular formula is C26H49NNp-2. The Balaban J connectivity index is 0.000000478. The Morgan fingerprint density at radius 2 is 1.43 bits per heavy atom. The molecule has 1 nitrogen and oxygen atoms in total. The van der Waals surface area contributed by atoms with E-state index < -0.39 is 0 Å². The maximum Gasteiger partial charge on any atom is 0.0181 e. The Morgan fingerprint density at radius 3 is 1.86 bits per heavy atom. The summed E-state index contributed by atoms with van der Waals surface area (Å²) in [4.78, 5) is 0. The molecule has 0 spiro atoms. The summed E-state index contributed by atoms with van der Waals surface area (Å²) >= 11 is 0. The van der Waals surface area contributed by atoms with Crippen molar-refractivity contribution in [3.8, 4) is 0 Å². The summed E-state index contributed by atoms with van der Waals surface area (Å²) in [7, 11) is 0. The van der Waals surface area contributed by atoms with E-state index in [1.165, 1.54) is 103 Å². The summed E-state index contributed by atoms with van der Waals surface area (Å²) in [6, 6.07) is 0.776. The fourth-order valence-electron chi connectivity index (χ4n) is 5.63. The summed E-state index contributed by atoms with van der Waals surface area (Å²) in [5.74, 6) is 3.56. The molecule has 28 heavy (non-hydrogen) atoms. The van der Waals surface area contributed by atoms with Gasteiger partial charge in [-0.15, -0.1) is 0 Å². The van der Waals surface area contributed by atoms with E-state index in [1.807, 2.05) is 0 Å². The Morgan fingerprint density at radius 1 is 0.857 bits per heavy atom. The van der Waals surface area contributed by atoms with Gasteiger partial charge in [0, 0.05) is 41.5 Å². The topological polar surface area (TPSA) is 12.0 Å². The molecule has 3 aliphatic rings. The van der Waals surface area contributed by atoms with E-state index in [0.29, 0.717) is 5.54 Å². The maximum absolute atomic E-state index is 4.12. The molecule has 3 aliphatic carbocycles. The van der Waals surface area contributed by atoms with Gasteiger partial charge in [-0.05, 0) is 44.9 Å². The molecule has 0 saturated heterocycles. The van der Waals surface area contributed by atoms with E-state index >= 15 is 0 Å². The Hall–Kier alpha value is 0.973. The molecule has 0 aromatic rings. The van der Waals surface area contributed by atoms with Gasteiger partial charge in [-0.1, -0.05) is 65.2 Å². The van der Waals surface area contributed by atoms with Gasteiger partial charge in [0.25, 0.3) is 0 Å². The van der Waals surface area contributed by atoms with Crippen molar-refractivity contribution in [2.24, 2.45) is 11.8 Å². The third-order valence-electron chi connectivity index (χ3n) is 8.07. The van der Waals surface area contributed by atoms with Gasteiger partial charge < -0.3 is 17.7 Å². The second kappa shape index (κ2) is 14.9. The predicted octanol–water partition coefficient (Wildman–Crippen LogP) is 8.04. The SMILES string of the molecule is CC[C-](C)C1CCC(NC(C)(CC)C2CCCCC2)CC1.[CH-]1CCCCC1.[Np]. The average Bonchev–Trinajstić information content (AvgIpc) is 2.76. The maximum atomic E-state index is 4.12. The van der Waals surface area contributed by atoms with E-state index in [0.717, 1.165) is 17.9 Å². The Bertz CT molecular complexity index is 355. The van der Waals surface area contributed by atoms with E-state index in [1.54, 1.807) is 5.92 Å². The first-order valence-corrected chi connectivity index (χ1v) is 12.5. The number of nitrogens with one attached hydrogen (secondary N) is 1. The number of hydrogen-bond donors (Lipinski definition) is 1. The van der Waals surface area contributed by atoms with Gasteiger partial charge in [0.1, 0.15) is 0 Å². The van der Waals surface area contributed by atoms with Crippen LogP contribution in [0.2, 0.25) is 0 Å². The molecule has 0 aromatic heterocycles. The van der Waals surface area contributed by atoms with Crippen LogP contribution in [-0.2, 0) is 0 Å². The molecule has 0 aliphatic heterocycles. The van der Waals surface area contributed by atoms with Gasteiger partial charge in [0.15, 0.2) is 0 Å². The first-order valence-electron chi connectivity index (χ1n) is 12.5. The summed E-state index contributed by atoms with van der Waals surface area (Å²) in [5, 5.41) is 4.12. The van der Waals surface area contributed by atoms with Crippen molar-refractivity contribution in [3.63, 3.8) is 0 Å². The molecule has 1 N–H and O–H groups in total. The van der Waals surface area contributed by atoms with Crippen LogP contribution in [0.4, 0.5) is 0 Å². The van der Waals surface area contributed by atoms with E-state index in [4.69, 9.17) is 0 Å². The van der Waals surface area contributed by atoms with Crippen LogP contribution in [0.1, 0.15) is 130 Å². The minimum absolute atomic E-state index is 0. The third-order valence-corrected chi connectivity index (χ3v) is 8.07. The Kier molecular flexibility index (Phi) is 14.4. The molecule has 0 aromatic carbocycles. The van der Waals surface area contributed by atoms with E-state index in [9.17, 15) is 0 Å². The minimum atomic E-state index is 0. The van der Waals surface area contributed by atoms with Crippen LogP contribution in [0.25, 0.3) is 0 Å². The summed E-state index contributed by atoms with van der Waals surface area (Å²) in [6.07, 6.45) is 25.0. The van der Waals surface area contributed by atoms with E-state index in [2.05, 4.69) is 39.4 Å². The first-order chi connectivity index (χ1) is 13.1. The van der Waals surface area contributed by atoms with Crippen molar-refractivity contribution in [1.82, 2.24) is 5.32 Å². The zero-order chi connectivity index (χ0) is 19.5. The molecule has 3 fully saturated rings. The second-order valence-electron chi connectivity index (χ2n) is 9.93. The van der Waals surface area contributed by atoms with Gasteiger partial charge >= 0.3 is 0 Å². The molecule has 0 amide bonds. The fraction of sp³-hybridized carbons (Fsp3) is 0.923. The smallest absolute Gasteiger partial charge is 0.0181 e. The first kappa shape index (κ1) is 27.0. The normalized spacial score (nSPS) is 28.6. The van der Waals surface area contributed by atoms with Crippen molar-refractivity contribution in [2.75, 3.05) is 0 Å². The van der Waals surface area contributed by atoms with Crippen LogP contribution in [0, 0.1) is 54.1 Å². The van der Waals surface area contributed by atoms with Crippen molar-refractivity contribution in [1.29, 1.82) is 0 Å². The zero-order valence-electron chi connectivity index (χ0n) is 19.6. The van der Waals surface area contributed by atoms with Crippen LogP contribution in [-0.4, -0.2) is 11.6 Å². The number of hydrogen-bond acceptors (Lipinski definition) is 1. The standard InChI is InChI=1S/C20H38N.C6H11.Np/c1-5-16(3)17-12-14-19(15-13-17)21-20(4,6-2)18-10-8-7-9-11-18;1-2-4-6-5-3-1;/h17-19,21H,5-15H2,1-4H3;1H,2-6H2;/q2*-1;. The quantitative estimate of drug-likeness (QED) is 0.300. The van der Waals surface area contributed by atoms with Crippen LogP contribution in [0.5, 0.6) is 0 Å². The molecule has 0 heterocycles. The number of rotatable bonds is 6. The van der Waals surface area contributed by atoms with Crippen molar-refractivity contribution >= 4 is 0 Å². The van der Waals surface area contributed by atoms with Crippen LogP contribution in [0.3, 0.4) is 0 Å². The molecule has 1 radical (unpaired) electrons. The molecule has 3 saturated carbocycles. The Labute approximate surface area is 200 Å². The molecule has 165 valence electrons. The summed E-state index contributed by atoms with van der Waals surface area (Å²) < 4.78 is 0. The third kappa shape index (κ3) is 9.00. The molecule has 3 rings (SSSR count). The van der Waals surface area contributed by atoms with Gasteiger partial charge in [-0.3, -0.25) is 0 Å². The minimum Gasteiger partial charge on any atom is -0.328 e. The largest absolute Gasteiger partial charge is 0.328 e. The zero-order valence-corrected chi connectivity index (χ0v) is 23.3. The van der Waals surface area contributed by atoms with E-state index in [-0.39, 0.29) is 29.9 Å². The van der Waals surface area contributed by atoms with Crippen LogP contribution >= 0.6 is 0 Å². The predicted molar refractivity (Wildman–Crippen MR) is 121 cm³/mol. The summed E-state index contributed by atoms with van der Waals surface area (Å²) in [5.41, 5.74) is 0.390. The van der Waals surface area contributed by atoms with Gasteiger partial charge in [0.05, 0.1) is 0 Å². The van der Waals surface area contributed by atoms with Gasteiger partial charge in [0.2, 0.25) is 0 Å².